The predicted molar refractivity (Wildman–Crippen MR) is 93.2 cm³/mol. The topological polar surface area (TPSA) is 80.0 Å². The van der Waals surface area contributed by atoms with Gasteiger partial charge in [0.2, 0.25) is 0 Å². The molecular formula is C16H12Cl2N4O2. The normalized spacial score (nSPS) is 10.5. The highest BCUT2D eigenvalue weighted by Gasteiger charge is 2.11. The number of hydrogen-bond donors (Lipinski definition) is 2. The van der Waals surface area contributed by atoms with Crippen LogP contribution in [-0.4, -0.2) is 16.0 Å². The van der Waals surface area contributed by atoms with E-state index in [0.29, 0.717) is 33.0 Å². The third kappa shape index (κ3) is 3.84. The van der Waals surface area contributed by atoms with E-state index in [9.17, 15) is 4.79 Å². The third-order valence-electron chi connectivity index (χ3n) is 3.07. The number of amides is 1. The summed E-state index contributed by atoms with van der Waals surface area (Å²) < 4.78 is 4.98. The summed E-state index contributed by atoms with van der Waals surface area (Å²) >= 11 is 11.9. The molecule has 2 heterocycles. The van der Waals surface area contributed by atoms with Crippen LogP contribution in [0.2, 0.25) is 10.0 Å². The number of aromatic nitrogens is 2. The van der Waals surface area contributed by atoms with Gasteiger partial charge < -0.3 is 15.2 Å². The minimum atomic E-state index is -0.390. The van der Waals surface area contributed by atoms with Gasteiger partial charge in [-0.05, 0) is 37.3 Å². The number of pyridine rings is 1. The van der Waals surface area contributed by atoms with Crippen molar-refractivity contribution in [1.29, 1.82) is 0 Å². The van der Waals surface area contributed by atoms with E-state index in [2.05, 4.69) is 20.8 Å². The SMILES string of the molecule is Cc1cc(Nc2ccnc(C(=O)Nc3ccc(Cl)cc3Cl)c2)no1. The van der Waals surface area contributed by atoms with Gasteiger partial charge >= 0.3 is 0 Å². The molecule has 24 heavy (non-hydrogen) atoms. The van der Waals surface area contributed by atoms with Crippen molar-refractivity contribution >= 4 is 46.3 Å². The fourth-order valence-corrected chi connectivity index (χ4v) is 2.44. The lowest BCUT2D eigenvalue weighted by molar-refractivity contribution is 0.102. The second kappa shape index (κ2) is 6.90. The number of nitrogens with one attached hydrogen (secondary N) is 2. The van der Waals surface area contributed by atoms with Crippen LogP contribution >= 0.6 is 23.2 Å². The zero-order chi connectivity index (χ0) is 17.1. The Bertz CT molecular complexity index is 895. The first-order valence-electron chi connectivity index (χ1n) is 6.94. The Kier molecular flexibility index (Phi) is 4.69. The van der Waals surface area contributed by atoms with E-state index in [1.54, 1.807) is 43.3 Å². The molecule has 0 fully saturated rings. The molecule has 0 bridgehead atoms. The molecule has 2 aromatic heterocycles. The number of aryl methyl sites for hydroxylation is 1. The van der Waals surface area contributed by atoms with E-state index in [1.165, 1.54) is 6.20 Å². The van der Waals surface area contributed by atoms with Crippen molar-refractivity contribution in [2.75, 3.05) is 10.6 Å². The van der Waals surface area contributed by atoms with Crippen LogP contribution in [0.5, 0.6) is 0 Å². The molecule has 0 unspecified atom stereocenters. The first kappa shape index (κ1) is 16.3. The number of halogens is 2. The molecule has 0 aliphatic heterocycles. The molecule has 0 aliphatic carbocycles. The average Bonchev–Trinajstić information content (AvgIpc) is 2.95. The summed E-state index contributed by atoms with van der Waals surface area (Å²) in [5, 5.41) is 10.4. The van der Waals surface area contributed by atoms with Crippen molar-refractivity contribution in [2.24, 2.45) is 0 Å². The van der Waals surface area contributed by atoms with Crippen molar-refractivity contribution in [3.63, 3.8) is 0 Å². The van der Waals surface area contributed by atoms with Gasteiger partial charge in [0.25, 0.3) is 5.91 Å². The highest BCUT2D eigenvalue weighted by atomic mass is 35.5. The second-order valence-electron chi connectivity index (χ2n) is 4.96. The van der Waals surface area contributed by atoms with Crippen LogP contribution in [0, 0.1) is 6.92 Å². The van der Waals surface area contributed by atoms with Crippen molar-refractivity contribution in [3.8, 4) is 0 Å². The van der Waals surface area contributed by atoms with Gasteiger partial charge in [0.05, 0.1) is 10.7 Å². The van der Waals surface area contributed by atoms with Gasteiger partial charge in [0, 0.05) is 23.0 Å². The highest BCUT2D eigenvalue weighted by molar-refractivity contribution is 6.36. The molecule has 3 rings (SSSR count). The Hall–Kier alpha value is -2.57. The van der Waals surface area contributed by atoms with Crippen LogP contribution in [0.25, 0.3) is 0 Å². The van der Waals surface area contributed by atoms with Crippen LogP contribution in [-0.2, 0) is 0 Å². The summed E-state index contributed by atoms with van der Waals surface area (Å²) in [7, 11) is 0. The fraction of sp³-hybridized carbons (Fsp3) is 0.0625. The van der Waals surface area contributed by atoms with Gasteiger partial charge in [-0.25, -0.2) is 0 Å². The molecule has 8 heteroatoms. The monoisotopic (exact) mass is 362 g/mol. The molecule has 1 amide bonds. The summed E-state index contributed by atoms with van der Waals surface area (Å²) in [5.41, 5.74) is 1.34. The number of nitrogens with zero attached hydrogens (tertiary/aromatic N) is 2. The largest absolute Gasteiger partial charge is 0.360 e. The quantitative estimate of drug-likeness (QED) is 0.704. The third-order valence-corrected chi connectivity index (χ3v) is 3.62. The number of rotatable bonds is 4. The maximum Gasteiger partial charge on any atom is 0.274 e. The maximum atomic E-state index is 12.3. The van der Waals surface area contributed by atoms with Gasteiger partial charge in [-0.3, -0.25) is 9.78 Å². The minimum absolute atomic E-state index is 0.228. The zero-order valence-corrected chi connectivity index (χ0v) is 14.0. The van der Waals surface area contributed by atoms with Gasteiger partial charge in [0.1, 0.15) is 11.5 Å². The zero-order valence-electron chi connectivity index (χ0n) is 12.5. The van der Waals surface area contributed by atoms with E-state index in [1.807, 2.05) is 0 Å². The van der Waals surface area contributed by atoms with Crippen LogP contribution in [0.15, 0.2) is 47.1 Å². The molecule has 122 valence electrons. The summed E-state index contributed by atoms with van der Waals surface area (Å²) in [5.74, 6) is 0.840. The number of carbonyl (C=O) groups is 1. The number of benzene rings is 1. The molecule has 6 nitrogen and oxygen atoms in total. The van der Waals surface area contributed by atoms with Gasteiger partial charge in [-0.2, -0.15) is 0 Å². The maximum absolute atomic E-state index is 12.3. The smallest absolute Gasteiger partial charge is 0.274 e. The lowest BCUT2D eigenvalue weighted by Gasteiger charge is -2.08. The number of anilines is 3. The first-order valence-corrected chi connectivity index (χ1v) is 7.69. The Labute approximate surface area is 147 Å². The molecular weight excluding hydrogens is 351 g/mol. The first-order chi connectivity index (χ1) is 11.5. The standard InChI is InChI=1S/C16H12Cl2N4O2/c1-9-6-15(22-24-9)20-11-4-5-19-14(8-11)16(23)21-13-3-2-10(17)7-12(13)18/h2-8H,1H3,(H,21,23)(H,19,20,22). The summed E-state index contributed by atoms with van der Waals surface area (Å²) in [6, 6.07) is 9.88. The van der Waals surface area contributed by atoms with Crippen LogP contribution in [0.3, 0.4) is 0 Å². The van der Waals surface area contributed by atoms with Gasteiger partial charge in [0.15, 0.2) is 5.82 Å². The minimum Gasteiger partial charge on any atom is -0.360 e. The summed E-state index contributed by atoms with van der Waals surface area (Å²) in [6.07, 6.45) is 1.52. The molecule has 0 spiro atoms. The van der Waals surface area contributed by atoms with Gasteiger partial charge in [-0.1, -0.05) is 28.4 Å². The van der Waals surface area contributed by atoms with Crippen molar-refractivity contribution in [2.45, 2.75) is 6.92 Å². The highest BCUT2D eigenvalue weighted by Crippen LogP contribution is 2.26. The van der Waals surface area contributed by atoms with E-state index in [-0.39, 0.29) is 11.6 Å². The predicted octanol–water partition coefficient (Wildman–Crippen LogP) is 4.68. The molecule has 0 saturated heterocycles. The molecule has 3 aromatic rings. The van der Waals surface area contributed by atoms with E-state index in [4.69, 9.17) is 27.7 Å². The molecule has 2 N–H and O–H groups in total. The Morgan fingerprint density at radius 2 is 2.00 bits per heavy atom. The summed E-state index contributed by atoms with van der Waals surface area (Å²) in [6.45, 7) is 1.79. The molecule has 0 atom stereocenters. The Morgan fingerprint density at radius 1 is 1.17 bits per heavy atom. The van der Waals surface area contributed by atoms with Crippen LogP contribution in [0.4, 0.5) is 17.2 Å². The van der Waals surface area contributed by atoms with Crippen molar-refractivity contribution in [3.05, 3.63) is 64.1 Å². The van der Waals surface area contributed by atoms with E-state index in [0.717, 1.165) is 0 Å². The Morgan fingerprint density at radius 3 is 2.71 bits per heavy atom. The van der Waals surface area contributed by atoms with E-state index >= 15 is 0 Å². The molecule has 1 aromatic carbocycles. The second-order valence-corrected chi connectivity index (χ2v) is 5.80. The molecule has 0 radical (unpaired) electrons. The van der Waals surface area contributed by atoms with E-state index < -0.39 is 0 Å². The lowest BCUT2D eigenvalue weighted by atomic mass is 10.2. The molecule has 0 aliphatic rings. The lowest BCUT2D eigenvalue weighted by Crippen LogP contribution is -2.14. The van der Waals surface area contributed by atoms with Crippen LogP contribution in [0.1, 0.15) is 16.2 Å². The number of carbonyl (C=O) groups excluding carboxylic acids is 1. The Balaban J connectivity index is 1.76. The van der Waals surface area contributed by atoms with Crippen molar-refractivity contribution < 1.29 is 9.32 Å². The number of hydrogen-bond acceptors (Lipinski definition) is 5. The van der Waals surface area contributed by atoms with Gasteiger partial charge in [-0.15, -0.1) is 0 Å². The van der Waals surface area contributed by atoms with Crippen LogP contribution < -0.4 is 10.6 Å². The molecule has 0 saturated carbocycles. The average molecular weight is 363 g/mol. The fourth-order valence-electron chi connectivity index (χ4n) is 1.98. The summed E-state index contributed by atoms with van der Waals surface area (Å²) in [4.78, 5) is 16.4. The van der Waals surface area contributed by atoms with Crippen molar-refractivity contribution in [1.82, 2.24) is 10.1 Å².